The highest BCUT2D eigenvalue weighted by Gasteiger charge is 2.40. The molecule has 1 saturated heterocycles. The van der Waals surface area contributed by atoms with Crippen LogP contribution in [0.15, 0.2) is 18.2 Å². The molecule has 1 aromatic carbocycles. The summed E-state index contributed by atoms with van der Waals surface area (Å²) in [6.07, 6.45) is -10.1. The van der Waals surface area contributed by atoms with Crippen molar-refractivity contribution in [1.82, 2.24) is 0 Å². The molecule has 0 bridgehead atoms. The van der Waals surface area contributed by atoms with Gasteiger partial charge in [-0.05, 0) is 18.2 Å². The summed E-state index contributed by atoms with van der Waals surface area (Å²) in [4.78, 5) is 0. The maximum atomic E-state index is 12.4. The van der Waals surface area contributed by atoms with Crippen LogP contribution in [0, 0.1) is 0 Å². The first-order valence-electron chi connectivity index (χ1n) is 6.42. The Morgan fingerprint density at radius 3 is 2.55 bits per heavy atom. The summed E-state index contributed by atoms with van der Waals surface area (Å²) < 4.78 is 46.4. The van der Waals surface area contributed by atoms with Gasteiger partial charge in [0, 0.05) is 12.0 Å². The second-order valence-corrected chi connectivity index (χ2v) is 4.92. The standard InChI is InChI=1S/C13H15F3O6/c14-13(15,16)22-10-2-1-6(18)3-8(10)12-11(20)9(19)4-7(5-17)21-12/h1-3,7,9,11-12,17-20H,4-5H2/t7-,9-,11-,12+/m0/s1. The Labute approximate surface area is 123 Å². The van der Waals surface area contributed by atoms with Crippen LogP contribution in [0.4, 0.5) is 13.2 Å². The van der Waals surface area contributed by atoms with Crippen molar-refractivity contribution in [2.75, 3.05) is 6.61 Å². The number of phenolic OH excluding ortho intramolecular Hbond substituents is 1. The van der Waals surface area contributed by atoms with Crippen LogP contribution in [0.3, 0.4) is 0 Å². The van der Waals surface area contributed by atoms with Crippen LogP contribution >= 0.6 is 0 Å². The largest absolute Gasteiger partial charge is 0.573 e. The Morgan fingerprint density at radius 1 is 1.27 bits per heavy atom. The molecule has 6 nitrogen and oxygen atoms in total. The summed E-state index contributed by atoms with van der Waals surface area (Å²) in [6, 6.07) is 2.81. The Morgan fingerprint density at radius 2 is 1.95 bits per heavy atom. The van der Waals surface area contributed by atoms with E-state index in [0.29, 0.717) is 0 Å². The normalized spacial score (nSPS) is 29.4. The molecule has 0 aliphatic carbocycles. The van der Waals surface area contributed by atoms with Crippen molar-refractivity contribution in [3.05, 3.63) is 23.8 Å². The highest BCUT2D eigenvalue weighted by atomic mass is 19.4. The second kappa shape index (κ2) is 6.29. The smallest absolute Gasteiger partial charge is 0.508 e. The summed E-state index contributed by atoms with van der Waals surface area (Å²) in [5.41, 5.74) is -0.276. The average Bonchev–Trinajstić information content (AvgIpc) is 2.42. The molecule has 0 spiro atoms. The summed E-state index contributed by atoms with van der Waals surface area (Å²) in [7, 11) is 0. The first-order valence-corrected chi connectivity index (χ1v) is 6.42. The lowest BCUT2D eigenvalue weighted by Gasteiger charge is -2.37. The van der Waals surface area contributed by atoms with Crippen LogP contribution in [-0.2, 0) is 4.74 Å². The summed E-state index contributed by atoms with van der Waals surface area (Å²) in [6.45, 7) is -0.478. The zero-order valence-electron chi connectivity index (χ0n) is 11.2. The molecular weight excluding hydrogens is 309 g/mol. The topological polar surface area (TPSA) is 99.4 Å². The number of hydrogen-bond acceptors (Lipinski definition) is 6. The van der Waals surface area contributed by atoms with E-state index in [-0.39, 0.29) is 17.7 Å². The van der Waals surface area contributed by atoms with Crippen LogP contribution in [-0.4, -0.2) is 51.7 Å². The van der Waals surface area contributed by atoms with E-state index in [2.05, 4.69) is 4.74 Å². The summed E-state index contributed by atoms with van der Waals surface area (Å²) in [5, 5.41) is 38.2. The number of phenols is 1. The summed E-state index contributed by atoms with van der Waals surface area (Å²) >= 11 is 0. The van der Waals surface area contributed by atoms with E-state index >= 15 is 0 Å². The fourth-order valence-corrected chi connectivity index (χ4v) is 2.30. The van der Waals surface area contributed by atoms with Crippen LogP contribution in [0.2, 0.25) is 0 Å². The van der Waals surface area contributed by atoms with E-state index in [4.69, 9.17) is 9.84 Å². The number of rotatable bonds is 3. The van der Waals surface area contributed by atoms with Crippen molar-refractivity contribution in [1.29, 1.82) is 0 Å². The predicted molar refractivity (Wildman–Crippen MR) is 66.1 cm³/mol. The lowest BCUT2D eigenvalue weighted by molar-refractivity contribution is -0.275. The third kappa shape index (κ3) is 3.80. The number of benzene rings is 1. The van der Waals surface area contributed by atoms with Crippen LogP contribution < -0.4 is 4.74 Å². The maximum Gasteiger partial charge on any atom is 0.573 e. The number of alkyl halides is 3. The molecule has 4 N–H and O–H groups in total. The van der Waals surface area contributed by atoms with Crippen molar-refractivity contribution in [3.63, 3.8) is 0 Å². The van der Waals surface area contributed by atoms with Crippen LogP contribution in [0.25, 0.3) is 0 Å². The number of hydrogen-bond donors (Lipinski definition) is 4. The second-order valence-electron chi connectivity index (χ2n) is 4.92. The van der Waals surface area contributed by atoms with Crippen molar-refractivity contribution < 1.29 is 43.1 Å². The molecule has 1 aromatic rings. The van der Waals surface area contributed by atoms with Crippen molar-refractivity contribution in [3.8, 4) is 11.5 Å². The van der Waals surface area contributed by atoms with Gasteiger partial charge in [0.2, 0.25) is 0 Å². The van der Waals surface area contributed by atoms with Gasteiger partial charge < -0.3 is 29.9 Å². The van der Waals surface area contributed by atoms with Crippen molar-refractivity contribution in [2.24, 2.45) is 0 Å². The molecular formula is C13H15F3O6. The van der Waals surface area contributed by atoms with Crippen LogP contribution in [0.1, 0.15) is 18.1 Å². The third-order valence-electron chi connectivity index (χ3n) is 3.28. The molecule has 124 valence electrons. The van der Waals surface area contributed by atoms with E-state index in [1.807, 2.05) is 0 Å². The quantitative estimate of drug-likeness (QED) is 0.657. The van der Waals surface area contributed by atoms with Gasteiger partial charge in [0.25, 0.3) is 0 Å². The lowest BCUT2D eigenvalue weighted by atomic mass is 9.92. The number of aromatic hydroxyl groups is 1. The molecule has 1 heterocycles. The van der Waals surface area contributed by atoms with Gasteiger partial charge in [-0.15, -0.1) is 13.2 Å². The zero-order chi connectivity index (χ0) is 16.5. The molecule has 0 unspecified atom stereocenters. The molecule has 22 heavy (non-hydrogen) atoms. The van der Waals surface area contributed by atoms with Crippen molar-refractivity contribution in [2.45, 2.75) is 37.2 Å². The monoisotopic (exact) mass is 324 g/mol. The minimum Gasteiger partial charge on any atom is -0.508 e. The minimum atomic E-state index is -4.97. The van der Waals surface area contributed by atoms with Gasteiger partial charge in [-0.2, -0.15) is 0 Å². The molecule has 4 atom stereocenters. The Balaban J connectivity index is 2.38. The molecule has 2 rings (SSSR count). The molecule has 9 heteroatoms. The molecule has 1 aliphatic heterocycles. The number of aliphatic hydroxyl groups is 3. The van der Waals surface area contributed by atoms with E-state index in [1.165, 1.54) is 0 Å². The number of ether oxygens (including phenoxy) is 2. The van der Waals surface area contributed by atoms with E-state index in [0.717, 1.165) is 18.2 Å². The molecule has 0 amide bonds. The number of aliphatic hydroxyl groups excluding tert-OH is 3. The van der Waals surface area contributed by atoms with Crippen molar-refractivity contribution >= 4 is 0 Å². The molecule has 0 saturated carbocycles. The van der Waals surface area contributed by atoms with Crippen LogP contribution in [0.5, 0.6) is 11.5 Å². The summed E-state index contributed by atoms with van der Waals surface area (Å²) in [5.74, 6) is -1.03. The zero-order valence-corrected chi connectivity index (χ0v) is 11.2. The van der Waals surface area contributed by atoms with Gasteiger partial charge in [0.1, 0.15) is 23.7 Å². The van der Waals surface area contributed by atoms with E-state index in [1.54, 1.807) is 0 Å². The fourth-order valence-electron chi connectivity index (χ4n) is 2.30. The maximum absolute atomic E-state index is 12.4. The predicted octanol–water partition coefficient (Wildman–Crippen LogP) is 0.835. The first-order chi connectivity index (χ1) is 10.2. The Hall–Kier alpha value is -1.55. The SMILES string of the molecule is OC[C@@H]1C[C@H](O)[C@H](O)[C@@H](c2cc(O)ccc2OC(F)(F)F)O1. The van der Waals surface area contributed by atoms with Gasteiger partial charge in [0.05, 0.1) is 18.8 Å². The fraction of sp³-hybridized carbons (Fsp3) is 0.538. The third-order valence-corrected chi connectivity index (χ3v) is 3.28. The molecule has 0 radical (unpaired) electrons. The molecule has 1 fully saturated rings. The average molecular weight is 324 g/mol. The Kier molecular flexibility index (Phi) is 4.81. The highest BCUT2D eigenvalue weighted by Crippen LogP contribution is 2.39. The van der Waals surface area contributed by atoms with Gasteiger partial charge in [-0.25, -0.2) is 0 Å². The molecule has 0 aromatic heterocycles. The first kappa shape index (κ1) is 16.8. The number of halogens is 3. The van der Waals surface area contributed by atoms with Gasteiger partial charge in [-0.3, -0.25) is 0 Å². The molecule has 1 aliphatic rings. The lowest BCUT2D eigenvalue weighted by Crippen LogP contribution is -2.44. The van der Waals surface area contributed by atoms with Gasteiger partial charge in [-0.1, -0.05) is 0 Å². The van der Waals surface area contributed by atoms with Gasteiger partial charge in [0.15, 0.2) is 0 Å². The highest BCUT2D eigenvalue weighted by molar-refractivity contribution is 5.42. The van der Waals surface area contributed by atoms with E-state index < -0.39 is 43.1 Å². The van der Waals surface area contributed by atoms with E-state index in [9.17, 15) is 28.5 Å². The van der Waals surface area contributed by atoms with Gasteiger partial charge >= 0.3 is 6.36 Å². The minimum absolute atomic E-state index is 0.0670. The Bertz CT molecular complexity index is 521.